The monoisotopic (exact) mass is 302 g/mol. The van der Waals surface area contributed by atoms with E-state index in [4.69, 9.17) is 9.84 Å². The predicted molar refractivity (Wildman–Crippen MR) is 71.2 cm³/mol. The van der Waals surface area contributed by atoms with Crippen LogP contribution in [-0.2, 0) is 12.2 Å². The summed E-state index contributed by atoms with van der Waals surface area (Å²) in [5.74, 6) is 1.95. The first-order valence-corrected chi connectivity index (χ1v) is 7.21. The molecule has 0 saturated heterocycles. The molecule has 1 aromatic rings. The number of hydrogen-bond acceptors (Lipinski definition) is 3. The zero-order valence-corrected chi connectivity index (χ0v) is 11.6. The minimum atomic E-state index is 0.224. The van der Waals surface area contributed by atoms with Gasteiger partial charge < -0.3 is 9.84 Å². The lowest BCUT2D eigenvalue weighted by atomic mass is 10.1. The molecule has 2 nitrogen and oxygen atoms in total. The zero-order valence-electron chi connectivity index (χ0n) is 9.20. The standard InChI is InChI=1S/C12H15BrO2S/c1-8(6-14)16-7-10-5-11(13)4-9-2-3-15-12(9)10/h4-5,8,14H,2-3,6-7H2,1H3. The van der Waals surface area contributed by atoms with Crippen molar-refractivity contribution in [2.45, 2.75) is 24.3 Å². The summed E-state index contributed by atoms with van der Waals surface area (Å²) in [4.78, 5) is 0. The summed E-state index contributed by atoms with van der Waals surface area (Å²) in [5, 5.41) is 9.27. The molecular weight excluding hydrogens is 288 g/mol. The minimum Gasteiger partial charge on any atom is -0.493 e. The molecule has 16 heavy (non-hydrogen) atoms. The van der Waals surface area contributed by atoms with Crippen molar-refractivity contribution in [1.29, 1.82) is 0 Å². The minimum absolute atomic E-state index is 0.224. The van der Waals surface area contributed by atoms with Gasteiger partial charge >= 0.3 is 0 Å². The Hall–Kier alpha value is -0.190. The highest BCUT2D eigenvalue weighted by Crippen LogP contribution is 2.35. The summed E-state index contributed by atoms with van der Waals surface area (Å²) in [6.45, 7) is 3.05. The second-order valence-corrected chi connectivity index (χ2v) is 6.30. The number of fused-ring (bicyclic) bond motifs is 1. The van der Waals surface area contributed by atoms with Crippen LogP contribution in [-0.4, -0.2) is 23.6 Å². The Balaban J connectivity index is 2.14. The Bertz CT molecular complexity index is 382. The van der Waals surface area contributed by atoms with Crippen LogP contribution >= 0.6 is 27.7 Å². The molecule has 88 valence electrons. The van der Waals surface area contributed by atoms with E-state index in [-0.39, 0.29) is 11.9 Å². The van der Waals surface area contributed by atoms with E-state index in [1.54, 1.807) is 11.8 Å². The molecule has 1 heterocycles. The van der Waals surface area contributed by atoms with Gasteiger partial charge in [0.15, 0.2) is 0 Å². The average Bonchev–Trinajstić information content (AvgIpc) is 2.73. The van der Waals surface area contributed by atoms with Crippen molar-refractivity contribution in [3.05, 3.63) is 27.7 Å². The summed E-state index contributed by atoms with van der Waals surface area (Å²) in [7, 11) is 0. The van der Waals surface area contributed by atoms with Gasteiger partial charge in [-0.15, -0.1) is 0 Å². The first-order valence-electron chi connectivity index (χ1n) is 5.37. The van der Waals surface area contributed by atoms with Crippen molar-refractivity contribution < 1.29 is 9.84 Å². The van der Waals surface area contributed by atoms with Crippen LogP contribution in [0.3, 0.4) is 0 Å². The van der Waals surface area contributed by atoms with E-state index >= 15 is 0 Å². The maximum atomic E-state index is 9.00. The van der Waals surface area contributed by atoms with Gasteiger partial charge in [-0.3, -0.25) is 0 Å². The number of thioether (sulfide) groups is 1. The van der Waals surface area contributed by atoms with E-state index in [1.807, 2.05) is 6.92 Å². The van der Waals surface area contributed by atoms with Gasteiger partial charge in [0.1, 0.15) is 5.75 Å². The molecule has 1 N–H and O–H groups in total. The van der Waals surface area contributed by atoms with Gasteiger partial charge in [0, 0.05) is 27.5 Å². The molecule has 1 aliphatic heterocycles. The summed E-state index contributed by atoms with van der Waals surface area (Å²) >= 11 is 5.28. The van der Waals surface area contributed by atoms with Crippen molar-refractivity contribution >= 4 is 27.7 Å². The van der Waals surface area contributed by atoms with Crippen LogP contribution in [0.2, 0.25) is 0 Å². The third-order valence-electron chi connectivity index (χ3n) is 2.61. The summed E-state index contributed by atoms with van der Waals surface area (Å²) in [5.41, 5.74) is 2.52. The first-order chi connectivity index (χ1) is 7.70. The molecule has 0 spiro atoms. The van der Waals surface area contributed by atoms with Crippen molar-refractivity contribution in [2.24, 2.45) is 0 Å². The van der Waals surface area contributed by atoms with Gasteiger partial charge in [0.25, 0.3) is 0 Å². The Labute approximate surface area is 109 Å². The molecule has 1 aliphatic rings. The van der Waals surface area contributed by atoms with E-state index in [0.717, 1.165) is 29.0 Å². The summed E-state index contributed by atoms with van der Waals surface area (Å²) in [6, 6.07) is 4.24. The highest BCUT2D eigenvalue weighted by molar-refractivity contribution is 9.10. The van der Waals surface area contributed by atoms with Crippen LogP contribution in [0.1, 0.15) is 18.1 Å². The SMILES string of the molecule is CC(CO)SCc1cc(Br)cc2c1OCC2. The fourth-order valence-corrected chi connectivity index (χ4v) is 3.07. The molecular formula is C12H15BrO2S. The van der Waals surface area contributed by atoms with E-state index in [1.165, 1.54) is 11.1 Å². The maximum absolute atomic E-state index is 9.00. The van der Waals surface area contributed by atoms with Crippen LogP contribution in [0, 0.1) is 0 Å². The van der Waals surface area contributed by atoms with E-state index in [2.05, 4.69) is 28.1 Å². The van der Waals surface area contributed by atoms with Crippen LogP contribution in [0.5, 0.6) is 5.75 Å². The Morgan fingerprint density at radius 1 is 1.56 bits per heavy atom. The highest BCUT2D eigenvalue weighted by Gasteiger charge is 2.17. The van der Waals surface area contributed by atoms with Gasteiger partial charge in [-0.1, -0.05) is 22.9 Å². The van der Waals surface area contributed by atoms with E-state index in [9.17, 15) is 0 Å². The van der Waals surface area contributed by atoms with Gasteiger partial charge in [-0.25, -0.2) is 0 Å². The number of halogens is 1. The van der Waals surface area contributed by atoms with E-state index < -0.39 is 0 Å². The maximum Gasteiger partial charge on any atom is 0.126 e. The summed E-state index contributed by atoms with van der Waals surface area (Å²) in [6.07, 6.45) is 1.00. The molecule has 2 rings (SSSR count). The predicted octanol–water partition coefficient (Wildman–Crippen LogP) is 3.00. The normalized spacial score (nSPS) is 15.7. The molecule has 0 fully saturated rings. The summed E-state index contributed by atoms with van der Waals surface area (Å²) < 4.78 is 6.77. The Kier molecular flexibility index (Phi) is 4.16. The number of ether oxygens (including phenoxy) is 1. The number of aliphatic hydroxyl groups excluding tert-OH is 1. The lowest BCUT2D eigenvalue weighted by Gasteiger charge is -2.11. The molecule has 4 heteroatoms. The lowest BCUT2D eigenvalue weighted by Crippen LogP contribution is -2.02. The Morgan fingerprint density at radius 3 is 3.12 bits per heavy atom. The van der Waals surface area contributed by atoms with Crippen LogP contribution in [0.4, 0.5) is 0 Å². The van der Waals surface area contributed by atoms with Gasteiger partial charge in [0.2, 0.25) is 0 Å². The molecule has 0 radical (unpaired) electrons. The fourth-order valence-electron chi connectivity index (χ4n) is 1.74. The highest BCUT2D eigenvalue weighted by atomic mass is 79.9. The molecule has 0 amide bonds. The number of benzene rings is 1. The van der Waals surface area contributed by atoms with Crippen molar-refractivity contribution in [3.8, 4) is 5.75 Å². The number of hydrogen-bond donors (Lipinski definition) is 1. The molecule has 0 saturated carbocycles. The molecule has 1 atom stereocenters. The quantitative estimate of drug-likeness (QED) is 0.927. The fraction of sp³-hybridized carbons (Fsp3) is 0.500. The van der Waals surface area contributed by atoms with Crippen molar-refractivity contribution in [2.75, 3.05) is 13.2 Å². The van der Waals surface area contributed by atoms with Gasteiger partial charge in [0.05, 0.1) is 13.2 Å². The van der Waals surface area contributed by atoms with Crippen molar-refractivity contribution in [3.63, 3.8) is 0 Å². The largest absolute Gasteiger partial charge is 0.493 e. The second-order valence-electron chi connectivity index (χ2n) is 3.96. The Morgan fingerprint density at radius 2 is 2.38 bits per heavy atom. The smallest absolute Gasteiger partial charge is 0.126 e. The molecule has 0 bridgehead atoms. The van der Waals surface area contributed by atoms with Crippen molar-refractivity contribution in [1.82, 2.24) is 0 Å². The van der Waals surface area contributed by atoms with Gasteiger partial charge in [-0.05, 0) is 17.7 Å². The van der Waals surface area contributed by atoms with Crippen LogP contribution in [0.15, 0.2) is 16.6 Å². The second kappa shape index (κ2) is 5.43. The molecule has 0 aromatic heterocycles. The molecule has 1 aromatic carbocycles. The topological polar surface area (TPSA) is 29.5 Å². The zero-order chi connectivity index (χ0) is 11.5. The third-order valence-corrected chi connectivity index (χ3v) is 4.26. The number of rotatable bonds is 4. The molecule has 1 unspecified atom stereocenters. The third kappa shape index (κ3) is 2.73. The lowest BCUT2D eigenvalue weighted by molar-refractivity contribution is 0.300. The van der Waals surface area contributed by atoms with Gasteiger partial charge in [-0.2, -0.15) is 11.8 Å². The number of aliphatic hydroxyl groups is 1. The van der Waals surface area contributed by atoms with Crippen LogP contribution < -0.4 is 4.74 Å². The molecule has 0 aliphatic carbocycles. The first kappa shape index (κ1) is 12.3. The van der Waals surface area contributed by atoms with E-state index in [0.29, 0.717) is 0 Å². The van der Waals surface area contributed by atoms with Crippen LogP contribution in [0.25, 0.3) is 0 Å². The average molecular weight is 303 g/mol.